The fourth-order valence-electron chi connectivity index (χ4n) is 3.36. The van der Waals surface area contributed by atoms with Crippen molar-refractivity contribution in [1.82, 2.24) is 14.6 Å². The molecule has 0 aliphatic carbocycles. The minimum atomic E-state index is -3.95. The lowest BCUT2D eigenvalue weighted by atomic mass is 9.97. The zero-order valence-electron chi connectivity index (χ0n) is 17.3. The predicted octanol–water partition coefficient (Wildman–Crippen LogP) is 2.86. The number of piperidine rings is 1. The molecule has 0 bridgehead atoms. The van der Waals surface area contributed by atoms with Gasteiger partial charge < -0.3 is 10.1 Å². The normalized spacial score (nSPS) is 15.8. The zero-order chi connectivity index (χ0) is 22.6. The lowest BCUT2D eigenvalue weighted by Gasteiger charge is -2.30. The Morgan fingerprint density at radius 1 is 1.23 bits per heavy atom. The highest BCUT2D eigenvalue weighted by atomic mass is 32.2. The van der Waals surface area contributed by atoms with E-state index >= 15 is 0 Å². The van der Waals surface area contributed by atoms with Gasteiger partial charge in [0.15, 0.2) is 11.6 Å². The molecule has 0 spiro atoms. The molecule has 7 nitrogen and oxygen atoms in total. The topological polar surface area (TPSA) is 88.6 Å². The van der Waals surface area contributed by atoms with Gasteiger partial charge in [0.25, 0.3) is 0 Å². The molecule has 1 aromatic carbocycles. The average molecular weight is 454 g/mol. The fraction of sp³-hybridized carbons (Fsp3) is 0.429. The van der Waals surface area contributed by atoms with E-state index in [1.54, 1.807) is 12.3 Å². The molecule has 0 unspecified atom stereocenters. The molecule has 1 aliphatic rings. The molecule has 0 radical (unpaired) electrons. The molecule has 2 heterocycles. The highest BCUT2D eigenvalue weighted by molar-refractivity contribution is 7.89. The Morgan fingerprint density at radius 3 is 2.58 bits per heavy atom. The highest BCUT2D eigenvalue weighted by Gasteiger charge is 2.32. The number of carbonyl (C=O) groups excluding carboxylic acids is 1. The molecule has 0 saturated carbocycles. The Hall–Kier alpha value is -2.59. The molecule has 31 heavy (non-hydrogen) atoms. The Bertz CT molecular complexity index is 1040. The number of pyridine rings is 1. The zero-order valence-corrected chi connectivity index (χ0v) is 18.2. The fourth-order valence-corrected chi connectivity index (χ4v) is 4.84. The SMILES string of the molecule is CC(C)Oc1ncccc1CNC(=O)C1CCN(S(=O)(=O)c2ccc(F)c(F)c2)CC1. The molecule has 2 aromatic rings. The van der Waals surface area contributed by atoms with E-state index in [2.05, 4.69) is 10.3 Å². The maximum absolute atomic E-state index is 13.4. The van der Waals surface area contributed by atoms with Gasteiger partial charge in [-0.15, -0.1) is 0 Å². The number of nitrogens with zero attached hydrogens (tertiary/aromatic N) is 2. The van der Waals surface area contributed by atoms with Crippen LogP contribution in [0.25, 0.3) is 0 Å². The van der Waals surface area contributed by atoms with E-state index in [0.717, 1.165) is 17.7 Å². The van der Waals surface area contributed by atoms with Crippen molar-refractivity contribution < 1.29 is 26.7 Å². The number of benzene rings is 1. The molecule has 1 aromatic heterocycles. The van der Waals surface area contributed by atoms with Crippen LogP contribution in [0.15, 0.2) is 41.4 Å². The first kappa shape index (κ1) is 23.1. The third-order valence-electron chi connectivity index (χ3n) is 5.00. The van der Waals surface area contributed by atoms with E-state index in [1.165, 1.54) is 4.31 Å². The van der Waals surface area contributed by atoms with Gasteiger partial charge in [-0.05, 0) is 51.0 Å². The number of halogens is 2. The highest BCUT2D eigenvalue weighted by Crippen LogP contribution is 2.25. The number of nitrogens with one attached hydrogen (secondary N) is 1. The van der Waals surface area contributed by atoms with Crippen LogP contribution >= 0.6 is 0 Å². The van der Waals surface area contributed by atoms with Gasteiger partial charge >= 0.3 is 0 Å². The van der Waals surface area contributed by atoms with Crippen LogP contribution in [0.1, 0.15) is 32.3 Å². The Balaban J connectivity index is 1.57. The summed E-state index contributed by atoms with van der Waals surface area (Å²) in [6.45, 7) is 4.27. The van der Waals surface area contributed by atoms with E-state index in [0.29, 0.717) is 24.8 Å². The van der Waals surface area contributed by atoms with E-state index in [-0.39, 0.29) is 42.5 Å². The van der Waals surface area contributed by atoms with E-state index in [9.17, 15) is 22.0 Å². The first-order chi connectivity index (χ1) is 14.7. The summed E-state index contributed by atoms with van der Waals surface area (Å²) in [6, 6.07) is 6.09. The molecule has 1 fully saturated rings. The summed E-state index contributed by atoms with van der Waals surface area (Å²) in [5.74, 6) is -2.38. The third kappa shape index (κ3) is 5.56. The van der Waals surface area contributed by atoms with Gasteiger partial charge in [0.2, 0.25) is 21.8 Å². The summed E-state index contributed by atoms with van der Waals surface area (Å²) in [5, 5.41) is 2.86. The maximum atomic E-state index is 13.4. The monoisotopic (exact) mass is 453 g/mol. The maximum Gasteiger partial charge on any atom is 0.243 e. The number of hydrogen-bond acceptors (Lipinski definition) is 5. The number of ether oxygens (including phenoxy) is 1. The minimum Gasteiger partial charge on any atom is -0.475 e. The van der Waals surface area contributed by atoms with Crippen molar-refractivity contribution in [2.24, 2.45) is 5.92 Å². The third-order valence-corrected chi connectivity index (χ3v) is 6.90. The first-order valence-electron chi connectivity index (χ1n) is 10.0. The van der Waals surface area contributed by atoms with Crippen LogP contribution in [-0.2, 0) is 21.4 Å². The quantitative estimate of drug-likeness (QED) is 0.697. The number of amides is 1. The second-order valence-electron chi connectivity index (χ2n) is 7.61. The van der Waals surface area contributed by atoms with Crippen LogP contribution in [0.5, 0.6) is 5.88 Å². The number of sulfonamides is 1. The van der Waals surface area contributed by atoms with Gasteiger partial charge in [-0.3, -0.25) is 4.79 Å². The predicted molar refractivity (Wildman–Crippen MR) is 110 cm³/mol. The second kappa shape index (κ2) is 9.69. The summed E-state index contributed by atoms with van der Waals surface area (Å²) in [5.41, 5.74) is 0.753. The Kier molecular flexibility index (Phi) is 7.22. The average Bonchev–Trinajstić information content (AvgIpc) is 2.74. The molecule has 3 rings (SSSR count). The Morgan fingerprint density at radius 2 is 1.94 bits per heavy atom. The van der Waals surface area contributed by atoms with Crippen molar-refractivity contribution in [2.75, 3.05) is 13.1 Å². The summed E-state index contributed by atoms with van der Waals surface area (Å²) in [6.07, 6.45) is 2.23. The van der Waals surface area contributed by atoms with E-state index in [1.807, 2.05) is 19.9 Å². The summed E-state index contributed by atoms with van der Waals surface area (Å²) >= 11 is 0. The molecule has 1 aliphatic heterocycles. The van der Waals surface area contributed by atoms with Crippen molar-refractivity contribution in [1.29, 1.82) is 0 Å². The van der Waals surface area contributed by atoms with Crippen molar-refractivity contribution in [3.8, 4) is 5.88 Å². The van der Waals surface area contributed by atoms with E-state index < -0.39 is 21.7 Å². The van der Waals surface area contributed by atoms with Crippen molar-refractivity contribution >= 4 is 15.9 Å². The summed E-state index contributed by atoms with van der Waals surface area (Å²) in [7, 11) is -3.95. The molecular weight excluding hydrogens is 428 g/mol. The smallest absolute Gasteiger partial charge is 0.243 e. The lowest BCUT2D eigenvalue weighted by molar-refractivity contribution is -0.126. The van der Waals surface area contributed by atoms with Gasteiger partial charge in [0.1, 0.15) is 0 Å². The second-order valence-corrected chi connectivity index (χ2v) is 9.54. The number of hydrogen-bond donors (Lipinski definition) is 1. The minimum absolute atomic E-state index is 0.0507. The lowest BCUT2D eigenvalue weighted by Crippen LogP contribution is -2.42. The molecule has 1 amide bonds. The largest absolute Gasteiger partial charge is 0.475 e. The van der Waals surface area contributed by atoms with Gasteiger partial charge in [0, 0.05) is 37.3 Å². The van der Waals surface area contributed by atoms with Crippen LogP contribution in [0.4, 0.5) is 8.78 Å². The summed E-state index contributed by atoms with van der Waals surface area (Å²) in [4.78, 5) is 16.5. The molecule has 0 atom stereocenters. The molecule has 1 N–H and O–H groups in total. The van der Waals surface area contributed by atoms with Gasteiger partial charge in [0.05, 0.1) is 11.0 Å². The molecular formula is C21H25F2N3O4S. The van der Waals surface area contributed by atoms with Crippen molar-refractivity contribution in [2.45, 2.75) is 44.2 Å². The van der Waals surface area contributed by atoms with Crippen LogP contribution in [0.2, 0.25) is 0 Å². The van der Waals surface area contributed by atoms with Gasteiger partial charge in [-0.2, -0.15) is 4.31 Å². The van der Waals surface area contributed by atoms with Gasteiger partial charge in [-0.25, -0.2) is 22.2 Å². The molecule has 1 saturated heterocycles. The van der Waals surface area contributed by atoms with E-state index in [4.69, 9.17) is 4.74 Å². The van der Waals surface area contributed by atoms with Crippen molar-refractivity contribution in [3.63, 3.8) is 0 Å². The standard InChI is InChI=1S/C21H25F2N3O4S/c1-14(2)30-21-16(4-3-9-24-21)13-25-20(27)15-7-10-26(11-8-15)31(28,29)17-5-6-18(22)19(23)12-17/h3-6,9,12,14-15H,7-8,10-11,13H2,1-2H3,(H,25,27). The Labute approximate surface area is 180 Å². The first-order valence-corrected chi connectivity index (χ1v) is 11.5. The van der Waals surface area contributed by atoms with Crippen LogP contribution in [0, 0.1) is 17.6 Å². The van der Waals surface area contributed by atoms with Crippen molar-refractivity contribution in [3.05, 3.63) is 53.7 Å². The van der Waals surface area contributed by atoms with Gasteiger partial charge in [-0.1, -0.05) is 6.07 Å². The number of rotatable bonds is 7. The van der Waals surface area contributed by atoms with Crippen LogP contribution < -0.4 is 10.1 Å². The number of aromatic nitrogens is 1. The van der Waals surface area contributed by atoms with Crippen LogP contribution in [-0.4, -0.2) is 42.8 Å². The molecule has 168 valence electrons. The molecule has 10 heteroatoms. The number of carbonyl (C=O) groups is 1. The van der Waals surface area contributed by atoms with Crippen LogP contribution in [0.3, 0.4) is 0 Å². The summed E-state index contributed by atoms with van der Waals surface area (Å²) < 4.78 is 58.8.